The molecule has 0 saturated carbocycles. The predicted molar refractivity (Wildman–Crippen MR) is 64.7 cm³/mol. The molecule has 1 heterocycles. The maximum Gasteiger partial charge on any atom is 0.150 e. The fourth-order valence-corrected chi connectivity index (χ4v) is 3.75. The van der Waals surface area contributed by atoms with E-state index in [1.165, 1.54) is 12.1 Å². The normalized spacial score (nSPS) is 22.2. The van der Waals surface area contributed by atoms with Gasteiger partial charge in [-0.25, -0.2) is 12.8 Å². The van der Waals surface area contributed by atoms with Crippen LogP contribution in [0.25, 0.3) is 0 Å². The van der Waals surface area contributed by atoms with Crippen molar-refractivity contribution in [2.75, 3.05) is 11.5 Å². The van der Waals surface area contributed by atoms with Crippen molar-refractivity contribution < 1.29 is 12.8 Å². The summed E-state index contributed by atoms with van der Waals surface area (Å²) >= 11 is 0. The SMILES string of the molecule is NC(c1ccc(F)cc1)C1CCS(=O)(=O)CC1. The third kappa shape index (κ3) is 3.04. The number of nitrogens with two attached hydrogens (primary N) is 1. The summed E-state index contributed by atoms with van der Waals surface area (Å²) in [6.07, 6.45) is 1.20. The fraction of sp³-hybridized carbons (Fsp3) is 0.500. The molecule has 1 unspecified atom stereocenters. The maximum absolute atomic E-state index is 12.8. The van der Waals surface area contributed by atoms with Gasteiger partial charge in [-0.1, -0.05) is 12.1 Å². The van der Waals surface area contributed by atoms with Crippen LogP contribution < -0.4 is 5.73 Å². The Kier molecular flexibility index (Phi) is 3.49. The van der Waals surface area contributed by atoms with Crippen LogP contribution in [-0.4, -0.2) is 19.9 Å². The minimum atomic E-state index is -2.85. The molecule has 2 rings (SSSR count). The molecule has 1 fully saturated rings. The Hall–Kier alpha value is -0.940. The monoisotopic (exact) mass is 257 g/mol. The lowest BCUT2D eigenvalue weighted by molar-refractivity contribution is 0.391. The smallest absolute Gasteiger partial charge is 0.150 e. The number of sulfone groups is 1. The Morgan fingerprint density at radius 2 is 1.71 bits per heavy atom. The van der Waals surface area contributed by atoms with E-state index in [9.17, 15) is 12.8 Å². The molecule has 0 amide bonds. The fourth-order valence-electron chi connectivity index (χ4n) is 2.22. The van der Waals surface area contributed by atoms with Crippen molar-refractivity contribution in [1.82, 2.24) is 0 Å². The molecule has 1 aliphatic heterocycles. The van der Waals surface area contributed by atoms with Gasteiger partial charge in [0.15, 0.2) is 0 Å². The Labute approximate surface area is 101 Å². The molecule has 0 aromatic heterocycles. The molecule has 5 heteroatoms. The predicted octanol–water partition coefficient (Wildman–Crippen LogP) is 1.65. The van der Waals surface area contributed by atoms with E-state index in [-0.39, 0.29) is 29.3 Å². The van der Waals surface area contributed by atoms with Gasteiger partial charge in [-0.15, -0.1) is 0 Å². The minimum Gasteiger partial charge on any atom is -0.324 e. The van der Waals surface area contributed by atoms with Gasteiger partial charge in [0.1, 0.15) is 15.7 Å². The summed E-state index contributed by atoms with van der Waals surface area (Å²) in [6.45, 7) is 0. The Balaban J connectivity index is 2.06. The summed E-state index contributed by atoms with van der Waals surface area (Å²) in [7, 11) is -2.85. The van der Waals surface area contributed by atoms with Crippen molar-refractivity contribution in [2.24, 2.45) is 11.7 Å². The topological polar surface area (TPSA) is 60.2 Å². The van der Waals surface area contributed by atoms with Crippen LogP contribution in [0, 0.1) is 11.7 Å². The lowest BCUT2D eigenvalue weighted by atomic mass is 9.89. The van der Waals surface area contributed by atoms with Crippen LogP contribution in [0.4, 0.5) is 4.39 Å². The first-order valence-corrected chi connectivity index (χ1v) is 7.51. The highest BCUT2D eigenvalue weighted by molar-refractivity contribution is 7.91. The van der Waals surface area contributed by atoms with Gasteiger partial charge in [0.2, 0.25) is 0 Å². The van der Waals surface area contributed by atoms with E-state index >= 15 is 0 Å². The zero-order valence-electron chi connectivity index (χ0n) is 9.47. The number of benzene rings is 1. The molecule has 1 atom stereocenters. The molecule has 1 aliphatic rings. The third-order valence-electron chi connectivity index (χ3n) is 3.36. The highest BCUT2D eigenvalue weighted by Gasteiger charge is 2.28. The molecule has 0 spiro atoms. The lowest BCUT2D eigenvalue weighted by Gasteiger charge is -2.27. The van der Waals surface area contributed by atoms with Crippen LogP contribution >= 0.6 is 0 Å². The molecule has 2 N–H and O–H groups in total. The van der Waals surface area contributed by atoms with Crippen molar-refractivity contribution in [3.8, 4) is 0 Å². The molecule has 1 saturated heterocycles. The quantitative estimate of drug-likeness (QED) is 0.876. The number of hydrogen-bond donors (Lipinski definition) is 1. The second-order valence-corrected chi connectivity index (χ2v) is 6.87. The van der Waals surface area contributed by atoms with Crippen LogP contribution in [0.2, 0.25) is 0 Å². The molecule has 1 aromatic rings. The molecule has 17 heavy (non-hydrogen) atoms. The summed E-state index contributed by atoms with van der Waals surface area (Å²) in [5.41, 5.74) is 6.96. The summed E-state index contributed by atoms with van der Waals surface area (Å²) in [5.74, 6) is 0.315. The first-order valence-electron chi connectivity index (χ1n) is 5.69. The van der Waals surface area contributed by atoms with Gasteiger partial charge < -0.3 is 5.73 Å². The zero-order chi connectivity index (χ0) is 12.5. The van der Waals surface area contributed by atoms with E-state index in [0.717, 1.165) is 5.56 Å². The minimum absolute atomic E-state index is 0.170. The average Bonchev–Trinajstić information content (AvgIpc) is 2.29. The Morgan fingerprint density at radius 1 is 1.18 bits per heavy atom. The van der Waals surface area contributed by atoms with Crippen molar-refractivity contribution in [3.63, 3.8) is 0 Å². The summed E-state index contributed by atoms with van der Waals surface area (Å²) < 4.78 is 35.4. The van der Waals surface area contributed by atoms with E-state index in [1.807, 2.05) is 0 Å². The average molecular weight is 257 g/mol. The molecule has 3 nitrogen and oxygen atoms in total. The van der Waals surface area contributed by atoms with E-state index in [1.54, 1.807) is 12.1 Å². The summed E-state index contributed by atoms with van der Waals surface area (Å²) in [4.78, 5) is 0. The van der Waals surface area contributed by atoms with Gasteiger partial charge >= 0.3 is 0 Å². The van der Waals surface area contributed by atoms with Crippen molar-refractivity contribution in [1.29, 1.82) is 0 Å². The largest absolute Gasteiger partial charge is 0.324 e. The number of hydrogen-bond acceptors (Lipinski definition) is 3. The number of halogens is 1. The van der Waals surface area contributed by atoms with Crippen LogP contribution in [0.3, 0.4) is 0 Å². The first kappa shape index (κ1) is 12.5. The molecule has 1 aromatic carbocycles. The van der Waals surface area contributed by atoms with Crippen LogP contribution in [0.1, 0.15) is 24.4 Å². The van der Waals surface area contributed by atoms with E-state index < -0.39 is 9.84 Å². The number of rotatable bonds is 2. The molecule has 0 bridgehead atoms. The zero-order valence-corrected chi connectivity index (χ0v) is 10.3. The highest BCUT2D eigenvalue weighted by Crippen LogP contribution is 2.29. The molecular formula is C12H16FNO2S. The second kappa shape index (κ2) is 4.74. The summed E-state index contributed by atoms with van der Waals surface area (Å²) in [5, 5.41) is 0. The molecule has 94 valence electrons. The Bertz CT molecular complexity index is 470. The van der Waals surface area contributed by atoms with Gasteiger partial charge in [-0.05, 0) is 36.5 Å². The van der Waals surface area contributed by atoms with Crippen molar-refractivity contribution in [2.45, 2.75) is 18.9 Å². The van der Waals surface area contributed by atoms with Crippen LogP contribution in [-0.2, 0) is 9.84 Å². The standard InChI is InChI=1S/C12H16FNO2S/c13-11-3-1-9(2-4-11)12(14)10-5-7-17(15,16)8-6-10/h1-4,10,12H,5-8,14H2. The third-order valence-corrected chi connectivity index (χ3v) is 5.08. The van der Waals surface area contributed by atoms with Gasteiger partial charge in [0.25, 0.3) is 0 Å². The summed E-state index contributed by atoms with van der Waals surface area (Å²) in [6, 6.07) is 5.90. The Morgan fingerprint density at radius 3 is 2.24 bits per heavy atom. The first-order chi connectivity index (χ1) is 7.98. The molecule has 0 aliphatic carbocycles. The van der Waals surface area contributed by atoms with Crippen molar-refractivity contribution in [3.05, 3.63) is 35.6 Å². The van der Waals surface area contributed by atoms with E-state index in [2.05, 4.69) is 0 Å². The second-order valence-electron chi connectivity index (χ2n) is 4.57. The van der Waals surface area contributed by atoms with Gasteiger partial charge in [-0.2, -0.15) is 0 Å². The highest BCUT2D eigenvalue weighted by atomic mass is 32.2. The van der Waals surface area contributed by atoms with Gasteiger partial charge in [0, 0.05) is 6.04 Å². The van der Waals surface area contributed by atoms with Crippen molar-refractivity contribution >= 4 is 9.84 Å². The molecular weight excluding hydrogens is 241 g/mol. The maximum atomic E-state index is 12.8. The van der Waals surface area contributed by atoms with Gasteiger partial charge in [0.05, 0.1) is 11.5 Å². The van der Waals surface area contributed by atoms with Crippen LogP contribution in [0.15, 0.2) is 24.3 Å². The van der Waals surface area contributed by atoms with E-state index in [0.29, 0.717) is 12.8 Å². The van der Waals surface area contributed by atoms with Crippen LogP contribution in [0.5, 0.6) is 0 Å². The van der Waals surface area contributed by atoms with E-state index in [4.69, 9.17) is 5.73 Å². The molecule has 0 radical (unpaired) electrons. The lowest BCUT2D eigenvalue weighted by Crippen LogP contribution is -2.30. The van der Waals surface area contributed by atoms with Gasteiger partial charge in [-0.3, -0.25) is 0 Å².